The normalized spacial score (nSPS) is 15.6. The first-order valence-electron chi connectivity index (χ1n) is 11.8. The van der Waals surface area contributed by atoms with Gasteiger partial charge in [0.2, 0.25) is 0 Å². The van der Waals surface area contributed by atoms with E-state index in [-0.39, 0.29) is 35.6 Å². The Balaban J connectivity index is 1.55. The van der Waals surface area contributed by atoms with Crippen LogP contribution < -0.4 is 0 Å². The van der Waals surface area contributed by atoms with Crippen LogP contribution in [0.1, 0.15) is 21.7 Å². The molecule has 12 heteroatoms. The first kappa shape index (κ1) is 25.3. The molecule has 3 aromatic heterocycles. The van der Waals surface area contributed by atoms with Gasteiger partial charge in [0, 0.05) is 37.5 Å². The highest BCUT2D eigenvalue weighted by molar-refractivity contribution is 5.87. The summed E-state index contributed by atoms with van der Waals surface area (Å²) in [7, 11) is 2.53. The van der Waals surface area contributed by atoms with Gasteiger partial charge in [-0.3, -0.25) is 0 Å². The summed E-state index contributed by atoms with van der Waals surface area (Å²) >= 11 is 0. The van der Waals surface area contributed by atoms with Crippen molar-refractivity contribution in [3.63, 3.8) is 0 Å². The van der Waals surface area contributed by atoms with Gasteiger partial charge >= 0.3 is 12.1 Å². The van der Waals surface area contributed by atoms with Crippen LogP contribution in [0.5, 0.6) is 0 Å². The van der Waals surface area contributed by atoms with Crippen LogP contribution in [0.3, 0.4) is 0 Å². The smallest absolute Gasteiger partial charge is 0.409 e. The Labute approximate surface area is 216 Å². The van der Waals surface area contributed by atoms with Crippen LogP contribution >= 0.6 is 0 Å². The van der Waals surface area contributed by atoms with E-state index in [1.807, 2.05) is 19.1 Å². The Hall–Kier alpha value is -4.32. The van der Waals surface area contributed by atoms with Gasteiger partial charge in [-0.25, -0.2) is 28.0 Å². The molecule has 0 spiro atoms. The first-order valence-corrected chi connectivity index (χ1v) is 11.8. The molecule has 0 unspecified atom stereocenters. The number of aromatic nitrogens is 4. The Bertz CT molecular complexity index is 1510. The number of methoxy groups -OCH3 is 2. The van der Waals surface area contributed by atoms with Crippen molar-refractivity contribution in [2.75, 3.05) is 33.9 Å². The topological polar surface area (TPSA) is 100 Å². The molecular formula is C26H25F2N5O5. The average molecular weight is 526 g/mol. The van der Waals surface area contributed by atoms with Gasteiger partial charge in [-0.05, 0) is 30.7 Å². The van der Waals surface area contributed by atoms with E-state index in [1.54, 1.807) is 10.6 Å². The van der Waals surface area contributed by atoms with E-state index < -0.39 is 29.8 Å². The lowest BCUT2D eigenvalue weighted by Crippen LogP contribution is -2.46. The van der Waals surface area contributed by atoms with Crippen molar-refractivity contribution in [2.24, 2.45) is 0 Å². The van der Waals surface area contributed by atoms with E-state index in [9.17, 15) is 9.59 Å². The molecule has 1 aliphatic heterocycles. The number of pyridine rings is 1. The highest BCUT2D eigenvalue weighted by Gasteiger charge is 2.29. The number of carbonyl (C=O) groups is 2. The molecule has 1 fully saturated rings. The predicted octanol–water partition coefficient (Wildman–Crippen LogP) is 3.57. The molecular weight excluding hydrogens is 500 g/mol. The summed E-state index contributed by atoms with van der Waals surface area (Å²) in [6, 6.07) is 7.33. The standard InChI is InChI=1S/C26H25F2N5O5/c1-15-4-6-32-21(13-17-14-31(8-9-38-17)26(35)37-3)24(29-22(32)10-15)23-18(27)11-16(12-19(23)28)33-7-5-20(30-33)25(34)36-2/h4-7,10-12,17H,8-9,13-14H2,1-3H3/t17-/m0/s1. The minimum atomic E-state index is -0.850. The fraction of sp³-hybridized carbons (Fsp3) is 0.308. The summed E-state index contributed by atoms with van der Waals surface area (Å²) in [6.45, 7) is 2.85. The largest absolute Gasteiger partial charge is 0.464 e. The van der Waals surface area contributed by atoms with Crippen LogP contribution in [0, 0.1) is 18.6 Å². The summed E-state index contributed by atoms with van der Waals surface area (Å²) < 4.78 is 49.4. The fourth-order valence-electron chi connectivity index (χ4n) is 4.55. The van der Waals surface area contributed by atoms with Gasteiger partial charge in [-0.15, -0.1) is 0 Å². The van der Waals surface area contributed by atoms with Crippen molar-refractivity contribution in [1.29, 1.82) is 0 Å². The zero-order valence-corrected chi connectivity index (χ0v) is 21.0. The summed E-state index contributed by atoms with van der Waals surface area (Å²) in [5, 5.41) is 4.03. The number of nitrogens with zero attached hydrogens (tertiary/aromatic N) is 5. The maximum Gasteiger partial charge on any atom is 0.409 e. The van der Waals surface area contributed by atoms with Gasteiger partial charge in [0.25, 0.3) is 0 Å². The number of hydrogen-bond acceptors (Lipinski definition) is 7. The number of aryl methyl sites for hydroxylation is 1. The number of hydrogen-bond donors (Lipinski definition) is 0. The van der Waals surface area contributed by atoms with Crippen molar-refractivity contribution < 1.29 is 32.6 Å². The Morgan fingerprint density at radius 3 is 2.58 bits per heavy atom. The third-order valence-electron chi connectivity index (χ3n) is 6.39. The van der Waals surface area contributed by atoms with E-state index in [0.717, 1.165) is 17.7 Å². The van der Waals surface area contributed by atoms with Crippen LogP contribution in [-0.4, -0.2) is 76.1 Å². The molecule has 38 heavy (non-hydrogen) atoms. The second kappa shape index (κ2) is 10.2. The van der Waals surface area contributed by atoms with E-state index in [1.165, 1.54) is 36.1 Å². The van der Waals surface area contributed by atoms with E-state index in [0.29, 0.717) is 24.5 Å². The number of amides is 1. The van der Waals surface area contributed by atoms with Gasteiger partial charge in [-0.2, -0.15) is 5.10 Å². The second-order valence-corrected chi connectivity index (χ2v) is 8.87. The molecule has 10 nitrogen and oxygen atoms in total. The van der Waals surface area contributed by atoms with E-state index >= 15 is 8.78 Å². The van der Waals surface area contributed by atoms with Crippen molar-refractivity contribution >= 4 is 17.7 Å². The molecule has 1 aliphatic rings. The SMILES string of the molecule is COC(=O)c1ccn(-c2cc(F)c(-c3nc4cc(C)ccn4c3C[C@H]3CN(C(=O)OC)CCO3)c(F)c2)n1. The molecule has 0 aliphatic carbocycles. The lowest BCUT2D eigenvalue weighted by Gasteiger charge is -2.32. The predicted molar refractivity (Wildman–Crippen MR) is 131 cm³/mol. The number of ether oxygens (including phenoxy) is 3. The van der Waals surface area contributed by atoms with Crippen molar-refractivity contribution in [1.82, 2.24) is 24.1 Å². The van der Waals surface area contributed by atoms with Crippen LogP contribution in [0.25, 0.3) is 22.6 Å². The maximum absolute atomic E-state index is 15.6. The number of rotatable bonds is 5. The Kier molecular flexibility index (Phi) is 6.81. The number of esters is 1. The molecule has 5 rings (SSSR count). The van der Waals surface area contributed by atoms with Crippen molar-refractivity contribution in [3.05, 3.63) is 71.3 Å². The van der Waals surface area contributed by atoms with Crippen molar-refractivity contribution in [3.8, 4) is 16.9 Å². The third-order valence-corrected chi connectivity index (χ3v) is 6.39. The molecule has 0 N–H and O–H groups in total. The summed E-state index contributed by atoms with van der Waals surface area (Å²) in [5.41, 5.74) is 1.91. The summed E-state index contributed by atoms with van der Waals surface area (Å²) in [4.78, 5) is 29.9. The molecule has 1 amide bonds. The monoisotopic (exact) mass is 525 g/mol. The third kappa shape index (κ3) is 4.70. The number of fused-ring (bicyclic) bond motifs is 1. The van der Waals surface area contributed by atoms with Crippen LogP contribution in [0.15, 0.2) is 42.7 Å². The number of halogens is 2. The maximum atomic E-state index is 15.6. The lowest BCUT2D eigenvalue weighted by molar-refractivity contribution is -0.0241. The van der Waals surface area contributed by atoms with Crippen LogP contribution in [0.4, 0.5) is 13.6 Å². The molecule has 1 saturated heterocycles. The van der Waals surface area contributed by atoms with E-state index in [2.05, 4.69) is 14.8 Å². The van der Waals surface area contributed by atoms with Gasteiger partial charge in [0.1, 0.15) is 17.3 Å². The number of morpholine rings is 1. The molecule has 4 aromatic rings. The Morgan fingerprint density at radius 1 is 1.11 bits per heavy atom. The number of imidazole rings is 1. The summed E-state index contributed by atoms with van der Waals surface area (Å²) in [6.07, 6.45) is 2.55. The second-order valence-electron chi connectivity index (χ2n) is 8.87. The summed E-state index contributed by atoms with van der Waals surface area (Å²) in [5.74, 6) is -2.36. The zero-order valence-electron chi connectivity index (χ0n) is 21.0. The van der Waals surface area contributed by atoms with Crippen LogP contribution in [0.2, 0.25) is 0 Å². The molecule has 0 bridgehead atoms. The quantitative estimate of drug-likeness (QED) is 0.367. The molecule has 1 atom stereocenters. The number of benzene rings is 1. The highest BCUT2D eigenvalue weighted by atomic mass is 19.1. The molecule has 198 valence electrons. The zero-order chi connectivity index (χ0) is 27.0. The van der Waals surface area contributed by atoms with Gasteiger partial charge in [-0.1, -0.05) is 0 Å². The highest BCUT2D eigenvalue weighted by Crippen LogP contribution is 2.32. The molecule has 1 aromatic carbocycles. The fourth-order valence-corrected chi connectivity index (χ4v) is 4.55. The average Bonchev–Trinajstić information content (AvgIpc) is 3.53. The van der Waals surface area contributed by atoms with Crippen molar-refractivity contribution in [2.45, 2.75) is 19.4 Å². The van der Waals surface area contributed by atoms with Gasteiger partial charge in [0.05, 0.1) is 56.1 Å². The minimum Gasteiger partial charge on any atom is -0.464 e. The lowest BCUT2D eigenvalue weighted by atomic mass is 10.0. The molecule has 4 heterocycles. The van der Waals surface area contributed by atoms with Gasteiger partial charge in [0.15, 0.2) is 5.69 Å². The minimum absolute atomic E-state index is 0.00359. The molecule has 0 saturated carbocycles. The van der Waals surface area contributed by atoms with Gasteiger partial charge < -0.3 is 23.5 Å². The number of carbonyl (C=O) groups excluding carboxylic acids is 2. The van der Waals surface area contributed by atoms with E-state index in [4.69, 9.17) is 9.47 Å². The molecule has 0 radical (unpaired) electrons. The first-order chi connectivity index (χ1) is 18.3. The Morgan fingerprint density at radius 2 is 1.87 bits per heavy atom. The van der Waals surface area contributed by atoms with Crippen LogP contribution in [-0.2, 0) is 20.6 Å².